The van der Waals surface area contributed by atoms with Gasteiger partial charge >= 0.3 is 5.51 Å². The first-order valence-corrected chi connectivity index (χ1v) is 13.1. The van der Waals surface area contributed by atoms with Gasteiger partial charge in [-0.05, 0) is 31.2 Å². The molecule has 0 saturated carbocycles. The van der Waals surface area contributed by atoms with Gasteiger partial charge in [-0.15, -0.1) is 0 Å². The van der Waals surface area contributed by atoms with Crippen LogP contribution in [0.4, 0.5) is 18.9 Å². The van der Waals surface area contributed by atoms with Gasteiger partial charge in [0.05, 0.1) is 22.5 Å². The van der Waals surface area contributed by atoms with Gasteiger partial charge in [-0.2, -0.15) is 13.2 Å². The summed E-state index contributed by atoms with van der Waals surface area (Å²) in [4.78, 5) is 20.3. The van der Waals surface area contributed by atoms with Crippen molar-refractivity contribution >= 4 is 42.3 Å². The Balaban J connectivity index is 2.23. The summed E-state index contributed by atoms with van der Waals surface area (Å²) >= 11 is 0. The maximum Gasteiger partial charge on any atom is 0.483 e. The second-order valence-corrected chi connectivity index (χ2v) is 11.6. The minimum Gasteiger partial charge on any atom is -0.435 e. The van der Waals surface area contributed by atoms with Gasteiger partial charge in [0.2, 0.25) is 11.8 Å². The van der Waals surface area contributed by atoms with E-state index in [0.717, 1.165) is 18.2 Å². The molecule has 2 aromatic heterocycles. The first-order valence-electron chi connectivity index (χ1n) is 9.92. The lowest BCUT2D eigenvalue weighted by Gasteiger charge is -2.16. The molecule has 0 N–H and O–H groups in total. The van der Waals surface area contributed by atoms with E-state index in [2.05, 4.69) is 14.3 Å². The first-order chi connectivity index (χ1) is 15.7. The van der Waals surface area contributed by atoms with Crippen molar-refractivity contribution in [1.82, 2.24) is 9.97 Å². The van der Waals surface area contributed by atoms with Crippen LogP contribution in [0.1, 0.15) is 20.8 Å². The van der Waals surface area contributed by atoms with Crippen LogP contribution in [0, 0.1) is 0 Å². The topological polar surface area (TPSA) is 123 Å². The number of rotatable bonds is 6. The molecule has 184 valence electrons. The molecule has 1 amide bonds. The molecule has 1 atom stereocenters. The van der Waals surface area contributed by atoms with Crippen molar-refractivity contribution in [3.63, 3.8) is 0 Å². The maximum absolute atomic E-state index is 13.5. The molecule has 0 bridgehead atoms. The molecule has 0 aliphatic carbocycles. The maximum atomic E-state index is 13.5. The predicted molar refractivity (Wildman–Crippen MR) is 119 cm³/mol. The quantitative estimate of drug-likeness (QED) is 0.483. The molecule has 34 heavy (non-hydrogen) atoms. The lowest BCUT2D eigenvalue weighted by molar-refractivity contribution is -0.116. The normalized spacial score (nSPS) is 14.1. The number of fused-ring (bicyclic) bond motifs is 1. The standard InChI is InChI=1S/C20H21F3N4O5S2/c1-5-25-34(31,20(21,22)23)14-7-8-16-15(10-14)26-19(32-16)18-17(33(29,30)6-2)9-13(11-24-18)27(4)12(3)28/h7-11H,5-6H2,1-4H3. The van der Waals surface area contributed by atoms with Crippen LogP contribution in [0.15, 0.2) is 49.0 Å². The summed E-state index contributed by atoms with van der Waals surface area (Å²) < 4.78 is 87.5. The molecular formula is C20H21F3N4O5S2. The summed E-state index contributed by atoms with van der Waals surface area (Å²) in [7, 11) is -7.16. The average Bonchev–Trinajstić information content (AvgIpc) is 3.20. The van der Waals surface area contributed by atoms with Crippen molar-refractivity contribution in [2.24, 2.45) is 4.36 Å². The number of halogens is 3. The number of hydrogen-bond acceptors (Lipinski definition) is 8. The van der Waals surface area contributed by atoms with Crippen molar-refractivity contribution in [3.05, 3.63) is 30.5 Å². The molecule has 1 unspecified atom stereocenters. The number of alkyl halides is 3. The number of carbonyl (C=O) groups is 1. The minimum absolute atomic E-state index is 0.0331. The van der Waals surface area contributed by atoms with Crippen LogP contribution in [0.3, 0.4) is 0 Å². The van der Waals surface area contributed by atoms with Gasteiger partial charge in [0, 0.05) is 20.5 Å². The van der Waals surface area contributed by atoms with Gasteiger partial charge in [-0.25, -0.2) is 27.0 Å². The monoisotopic (exact) mass is 518 g/mol. The molecule has 3 rings (SSSR count). The number of oxazole rings is 1. The molecule has 0 aliphatic rings. The Bertz CT molecular complexity index is 1490. The van der Waals surface area contributed by atoms with E-state index in [0.29, 0.717) is 0 Å². The van der Waals surface area contributed by atoms with E-state index >= 15 is 0 Å². The summed E-state index contributed by atoms with van der Waals surface area (Å²) in [6.45, 7) is 3.74. The Hall–Kier alpha value is -3.00. The number of benzene rings is 1. The summed E-state index contributed by atoms with van der Waals surface area (Å²) in [5, 5.41) is 0. The van der Waals surface area contributed by atoms with Crippen LogP contribution < -0.4 is 4.90 Å². The summed E-state index contributed by atoms with van der Waals surface area (Å²) in [6.07, 6.45) is 1.25. The highest BCUT2D eigenvalue weighted by Gasteiger charge is 2.44. The Morgan fingerprint density at radius 1 is 1.18 bits per heavy atom. The van der Waals surface area contributed by atoms with Crippen molar-refractivity contribution in [2.75, 3.05) is 24.2 Å². The number of nitrogens with zero attached hydrogens (tertiary/aromatic N) is 4. The highest BCUT2D eigenvalue weighted by atomic mass is 32.2. The minimum atomic E-state index is -5.11. The fourth-order valence-corrected chi connectivity index (χ4v) is 5.49. The fraction of sp³-hybridized carbons (Fsp3) is 0.350. The van der Waals surface area contributed by atoms with Crippen LogP contribution >= 0.6 is 0 Å². The second-order valence-electron chi connectivity index (χ2n) is 7.09. The number of hydrogen-bond donors (Lipinski definition) is 0. The van der Waals surface area contributed by atoms with Crippen LogP contribution in [0.25, 0.3) is 22.7 Å². The van der Waals surface area contributed by atoms with Gasteiger partial charge in [-0.1, -0.05) is 6.92 Å². The highest BCUT2D eigenvalue weighted by molar-refractivity contribution is 7.94. The zero-order valence-corrected chi connectivity index (χ0v) is 20.2. The van der Waals surface area contributed by atoms with E-state index in [1.807, 2.05) is 0 Å². The number of aromatic nitrogens is 2. The SMILES string of the molecule is CCN=S(=O)(c1ccc2oc(-c3ncc(N(C)C(C)=O)cc3S(=O)(=O)CC)nc2c1)C(F)(F)F. The Kier molecular flexibility index (Phi) is 6.77. The Labute approximate surface area is 194 Å². The molecular weight excluding hydrogens is 497 g/mol. The molecule has 3 aromatic rings. The van der Waals surface area contributed by atoms with Crippen LogP contribution in [0.2, 0.25) is 0 Å². The molecule has 2 heterocycles. The van der Waals surface area contributed by atoms with Gasteiger partial charge < -0.3 is 9.32 Å². The van der Waals surface area contributed by atoms with Gasteiger partial charge in [0.15, 0.2) is 25.1 Å². The highest BCUT2D eigenvalue weighted by Crippen LogP contribution is 2.36. The van der Waals surface area contributed by atoms with E-state index in [-0.39, 0.29) is 51.5 Å². The number of pyridine rings is 1. The van der Waals surface area contributed by atoms with E-state index in [4.69, 9.17) is 4.42 Å². The summed E-state index contributed by atoms with van der Waals surface area (Å²) in [5.74, 6) is -0.900. The largest absolute Gasteiger partial charge is 0.483 e. The van der Waals surface area contributed by atoms with E-state index in [9.17, 15) is 30.6 Å². The fourth-order valence-electron chi connectivity index (χ4n) is 3.00. The Morgan fingerprint density at radius 2 is 1.85 bits per heavy atom. The van der Waals surface area contributed by atoms with Crippen molar-refractivity contribution in [3.8, 4) is 11.6 Å². The van der Waals surface area contributed by atoms with Crippen molar-refractivity contribution < 1.29 is 35.0 Å². The third-order valence-corrected chi connectivity index (χ3v) is 8.80. The number of amides is 1. The number of carbonyl (C=O) groups excluding carboxylic acids is 1. The first kappa shape index (κ1) is 25.6. The smallest absolute Gasteiger partial charge is 0.435 e. The Morgan fingerprint density at radius 3 is 2.41 bits per heavy atom. The zero-order valence-electron chi connectivity index (χ0n) is 18.6. The molecule has 0 saturated heterocycles. The molecule has 0 radical (unpaired) electrons. The zero-order chi connectivity index (χ0) is 25.5. The van der Waals surface area contributed by atoms with E-state index in [1.54, 1.807) is 0 Å². The molecule has 0 fully saturated rings. The van der Waals surface area contributed by atoms with Crippen LogP contribution in [-0.2, 0) is 24.4 Å². The van der Waals surface area contributed by atoms with Gasteiger partial charge in [-0.3, -0.25) is 4.79 Å². The average molecular weight is 519 g/mol. The van der Waals surface area contributed by atoms with Crippen LogP contribution in [0.5, 0.6) is 0 Å². The number of anilines is 1. The second kappa shape index (κ2) is 8.98. The van der Waals surface area contributed by atoms with E-state index < -0.39 is 30.0 Å². The lowest BCUT2D eigenvalue weighted by Crippen LogP contribution is -2.23. The van der Waals surface area contributed by atoms with Crippen LogP contribution in [-0.4, -0.2) is 53.4 Å². The molecule has 0 spiro atoms. The van der Waals surface area contributed by atoms with Crippen molar-refractivity contribution in [1.29, 1.82) is 0 Å². The third kappa shape index (κ3) is 4.51. The molecule has 0 aliphatic heterocycles. The molecule has 1 aromatic carbocycles. The number of sulfone groups is 1. The molecule has 14 heteroatoms. The predicted octanol–water partition coefficient (Wildman–Crippen LogP) is 4.03. The van der Waals surface area contributed by atoms with Crippen molar-refractivity contribution in [2.45, 2.75) is 36.1 Å². The third-order valence-electron chi connectivity index (χ3n) is 4.92. The van der Waals surface area contributed by atoms with Gasteiger partial charge in [0.25, 0.3) is 0 Å². The lowest BCUT2D eigenvalue weighted by atomic mass is 10.3. The van der Waals surface area contributed by atoms with E-state index in [1.165, 1.54) is 45.0 Å². The molecule has 9 nitrogen and oxygen atoms in total. The summed E-state index contributed by atoms with van der Waals surface area (Å²) in [6, 6.07) is 4.33. The van der Waals surface area contributed by atoms with Gasteiger partial charge in [0.1, 0.15) is 16.1 Å². The summed E-state index contributed by atoms with van der Waals surface area (Å²) in [5.41, 5.74) is -5.11.